The van der Waals surface area contributed by atoms with E-state index in [9.17, 15) is 9.59 Å². The number of hydrogen-bond acceptors (Lipinski definition) is 7. The van der Waals surface area contributed by atoms with E-state index in [-0.39, 0.29) is 23.7 Å². The molecule has 0 spiro atoms. The van der Waals surface area contributed by atoms with Gasteiger partial charge in [0, 0.05) is 24.3 Å². The summed E-state index contributed by atoms with van der Waals surface area (Å²) >= 11 is 1.28. The van der Waals surface area contributed by atoms with E-state index >= 15 is 4.39 Å². The molecule has 0 radical (unpaired) electrons. The lowest BCUT2D eigenvalue weighted by Crippen LogP contribution is -2.46. The zero-order valence-electron chi connectivity index (χ0n) is 26.2. The number of anilines is 3. The smallest absolute Gasteiger partial charge is 0.331 e. The number of benzene rings is 3. The van der Waals surface area contributed by atoms with Crippen molar-refractivity contribution < 1.29 is 23.5 Å². The Bertz CT molecular complexity index is 2000. The second-order valence-corrected chi connectivity index (χ2v) is 12.9. The van der Waals surface area contributed by atoms with E-state index in [1.54, 1.807) is 65.7 Å². The number of likely N-dealkylation sites (tertiary alicyclic amines) is 1. The van der Waals surface area contributed by atoms with Crippen LogP contribution in [0.2, 0.25) is 0 Å². The summed E-state index contributed by atoms with van der Waals surface area (Å²) in [6.45, 7) is 5.53. The largest absolute Gasteiger partial charge is 0.453 e. The quantitative estimate of drug-likeness (QED) is 0.175. The van der Waals surface area contributed by atoms with Crippen LogP contribution in [-0.2, 0) is 0 Å². The summed E-state index contributed by atoms with van der Waals surface area (Å²) in [7, 11) is 2.05. The number of pyridine rings is 1. The fourth-order valence-corrected chi connectivity index (χ4v) is 7.26. The molecule has 2 N–H and O–H groups in total. The third-order valence-electron chi connectivity index (χ3n) is 8.56. The third-order valence-corrected chi connectivity index (χ3v) is 9.66. The van der Waals surface area contributed by atoms with E-state index in [1.165, 1.54) is 11.3 Å². The first-order chi connectivity index (χ1) is 22.8. The molecular weight excluding hydrogens is 617 g/mol. The number of amides is 3. The van der Waals surface area contributed by atoms with Crippen LogP contribution >= 0.6 is 11.3 Å². The number of aryl methyl sites for hydroxylation is 2. The van der Waals surface area contributed by atoms with Crippen molar-refractivity contribution in [3.63, 3.8) is 0 Å². The molecule has 9 nitrogen and oxygen atoms in total. The maximum atomic E-state index is 15.2. The van der Waals surface area contributed by atoms with Crippen LogP contribution < -0.4 is 25.0 Å². The van der Waals surface area contributed by atoms with Gasteiger partial charge in [-0.2, -0.15) is 4.39 Å². The minimum absolute atomic E-state index is 0.0512. The first-order valence-corrected chi connectivity index (χ1v) is 16.3. The van der Waals surface area contributed by atoms with Crippen LogP contribution in [0.4, 0.5) is 26.2 Å². The van der Waals surface area contributed by atoms with Crippen molar-refractivity contribution in [1.29, 1.82) is 0 Å². The van der Waals surface area contributed by atoms with Crippen LogP contribution in [0.15, 0.2) is 79.0 Å². The van der Waals surface area contributed by atoms with Crippen molar-refractivity contribution >= 4 is 50.6 Å². The number of urea groups is 1. The molecule has 1 unspecified atom stereocenters. The van der Waals surface area contributed by atoms with Crippen LogP contribution in [-0.4, -0.2) is 48.0 Å². The number of thiophene rings is 1. The minimum atomic E-state index is -1.66. The maximum absolute atomic E-state index is 15.2. The highest BCUT2D eigenvalue weighted by Crippen LogP contribution is 2.47. The molecule has 1 fully saturated rings. The normalized spacial score (nSPS) is 16.9. The van der Waals surface area contributed by atoms with E-state index in [0.29, 0.717) is 43.8 Å². The fraction of sp³-hybridized carbons (Fsp3) is 0.250. The van der Waals surface area contributed by atoms with Crippen LogP contribution in [0.25, 0.3) is 10.2 Å². The Hall–Kier alpha value is -5.00. The molecule has 11 heteroatoms. The van der Waals surface area contributed by atoms with Gasteiger partial charge in [-0.25, -0.2) is 9.78 Å². The second-order valence-electron chi connectivity index (χ2n) is 11.9. The molecule has 1 saturated heterocycles. The van der Waals surface area contributed by atoms with Crippen LogP contribution in [0.3, 0.4) is 0 Å². The highest BCUT2D eigenvalue weighted by atomic mass is 32.1. The lowest BCUT2D eigenvalue weighted by molar-refractivity contribution is 0.0641. The average molecular weight is 652 g/mol. The van der Waals surface area contributed by atoms with Crippen molar-refractivity contribution in [3.8, 4) is 17.2 Å². The van der Waals surface area contributed by atoms with Crippen LogP contribution in [0, 0.1) is 13.8 Å². The van der Waals surface area contributed by atoms with Crippen molar-refractivity contribution in [3.05, 3.63) is 101 Å². The SMILES string of the molecule is Cc1ccccc1C(F)Oc1ccccc1Oc1ccc(N2C(=O)Nc3c(C(=O)N[C@@H]4CCCN(C)C4)sc4nccc2c34)c(C)c1. The Labute approximate surface area is 275 Å². The number of nitrogens with one attached hydrogen (secondary N) is 2. The number of ether oxygens (including phenoxy) is 2. The number of alkyl halides is 1. The average Bonchev–Trinajstić information content (AvgIpc) is 3.42. The number of hydrogen-bond donors (Lipinski definition) is 2. The van der Waals surface area contributed by atoms with Crippen molar-refractivity contribution in [2.45, 2.75) is 39.1 Å². The first-order valence-electron chi connectivity index (χ1n) is 15.5. The van der Waals surface area contributed by atoms with E-state index < -0.39 is 6.36 Å². The van der Waals surface area contributed by atoms with Gasteiger partial charge in [0.05, 0.1) is 22.4 Å². The topological polar surface area (TPSA) is 96.0 Å². The molecule has 3 amide bonds. The lowest BCUT2D eigenvalue weighted by atomic mass is 10.1. The highest BCUT2D eigenvalue weighted by Gasteiger charge is 2.34. The number of aromatic nitrogens is 1. The number of halogens is 1. The Morgan fingerprint density at radius 3 is 2.62 bits per heavy atom. The number of piperidine rings is 1. The van der Waals surface area contributed by atoms with Gasteiger partial charge in [-0.15, -0.1) is 11.3 Å². The monoisotopic (exact) mass is 651 g/mol. The van der Waals surface area contributed by atoms with Gasteiger partial charge >= 0.3 is 6.03 Å². The number of nitrogens with zero attached hydrogens (tertiary/aromatic N) is 3. The summed E-state index contributed by atoms with van der Waals surface area (Å²) < 4.78 is 27.0. The van der Waals surface area contributed by atoms with Gasteiger partial charge in [0.15, 0.2) is 11.5 Å². The van der Waals surface area contributed by atoms with Gasteiger partial charge in [-0.1, -0.05) is 36.4 Å². The molecule has 0 aliphatic carbocycles. The summed E-state index contributed by atoms with van der Waals surface area (Å²) in [6.07, 6.45) is 1.93. The third kappa shape index (κ3) is 5.99. The van der Waals surface area contributed by atoms with Gasteiger partial charge in [0.1, 0.15) is 15.5 Å². The molecule has 0 saturated carbocycles. The van der Waals surface area contributed by atoms with E-state index in [2.05, 4.69) is 27.6 Å². The Balaban J connectivity index is 1.14. The van der Waals surface area contributed by atoms with Crippen LogP contribution in [0.1, 0.15) is 45.6 Å². The molecule has 2 atom stereocenters. The molecule has 2 aliphatic heterocycles. The summed E-state index contributed by atoms with van der Waals surface area (Å²) in [5, 5.41) is 6.86. The molecule has 2 aromatic heterocycles. The Morgan fingerprint density at radius 1 is 1.04 bits per heavy atom. The first kappa shape index (κ1) is 30.6. The predicted octanol–water partition coefficient (Wildman–Crippen LogP) is 8.26. The lowest BCUT2D eigenvalue weighted by Gasteiger charge is -2.31. The molecule has 7 rings (SSSR count). The van der Waals surface area contributed by atoms with E-state index in [4.69, 9.17) is 9.47 Å². The molecule has 2 aliphatic rings. The maximum Gasteiger partial charge on any atom is 0.331 e. The highest BCUT2D eigenvalue weighted by molar-refractivity contribution is 7.21. The number of likely N-dealkylation sites (N-methyl/N-ethyl adjacent to an activating group) is 1. The van der Waals surface area contributed by atoms with Crippen molar-refractivity contribution in [2.24, 2.45) is 0 Å². The fourth-order valence-electron chi connectivity index (χ4n) is 6.24. The van der Waals surface area contributed by atoms with Gasteiger partial charge in [-0.05, 0) is 87.8 Å². The zero-order chi connectivity index (χ0) is 32.7. The molecule has 47 heavy (non-hydrogen) atoms. The Morgan fingerprint density at radius 2 is 1.83 bits per heavy atom. The van der Waals surface area contributed by atoms with Crippen LogP contribution in [0.5, 0.6) is 17.2 Å². The molecular formula is C36H34FN5O4S. The summed E-state index contributed by atoms with van der Waals surface area (Å²) in [6, 6.07) is 20.9. The summed E-state index contributed by atoms with van der Waals surface area (Å²) in [5.74, 6) is 0.910. The van der Waals surface area contributed by atoms with E-state index in [0.717, 1.165) is 42.4 Å². The molecule has 240 valence electrons. The van der Waals surface area contributed by atoms with Gasteiger partial charge in [-0.3, -0.25) is 9.69 Å². The predicted molar refractivity (Wildman–Crippen MR) is 182 cm³/mol. The molecule has 4 heterocycles. The standard InChI is InChI=1S/C36H34FN5O4S/c1-21-9-4-5-11-25(21)33(37)46-29-13-7-6-12-28(29)45-24-14-15-26(22(2)19-24)42-27-16-17-38-35-30(27)31(40-36(42)44)32(47-35)34(43)39-23-10-8-18-41(3)20-23/h4-7,9,11-17,19,23,33H,8,10,18,20H2,1-3H3,(H,39,43)(H,40,44)/t23-,33?/m1/s1. The number of para-hydroxylation sites is 2. The molecule has 3 aromatic carbocycles. The molecule has 0 bridgehead atoms. The number of rotatable bonds is 8. The number of carbonyl (C=O) groups is 2. The van der Waals surface area contributed by atoms with Gasteiger partial charge < -0.3 is 25.0 Å². The van der Waals surface area contributed by atoms with E-state index in [1.807, 2.05) is 32.0 Å². The number of carbonyl (C=O) groups excluding carboxylic acids is 2. The second kappa shape index (κ2) is 12.7. The van der Waals surface area contributed by atoms with Gasteiger partial charge in [0.2, 0.25) is 0 Å². The van der Waals surface area contributed by atoms with Gasteiger partial charge in [0.25, 0.3) is 12.3 Å². The summed E-state index contributed by atoms with van der Waals surface area (Å²) in [4.78, 5) is 36.6. The summed E-state index contributed by atoms with van der Waals surface area (Å²) in [5.41, 5.74) is 3.78. The van der Waals surface area contributed by atoms with Crippen molar-refractivity contribution in [2.75, 3.05) is 30.4 Å². The Kier molecular flexibility index (Phi) is 8.25. The zero-order valence-corrected chi connectivity index (χ0v) is 27.1. The molecule has 5 aromatic rings. The minimum Gasteiger partial charge on any atom is -0.453 e. The van der Waals surface area contributed by atoms with Crippen molar-refractivity contribution in [1.82, 2.24) is 15.2 Å².